The first kappa shape index (κ1) is 17.0. The lowest BCUT2D eigenvalue weighted by Gasteiger charge is -2.08. The molecule has 1 aromatic carbocycles. The van der Waals surface area contributed by atoms with E-state index in [9.17, 15) is 9.18 Å². The fourth-order valence-corrected chi connectivity index (χ4v) is 3.17. The molecule has 0 aliphatic rings. The Kier molecular flexibility index (Phi) is 3.99. The van der Waals surface area contributed by atoms with Gasteiger partial charge in [0.15, 0.2) is 0 Å². The molecule has 3 heterocycles. The SMILES string of the molecule is Cc1nc2c(C)cccn2c1C(=O)Nc1ncc(-c2ccc(F)cc2)n1C. The highest BCUT2D eigenvalue weighted by Crippen LogP contribution is 2.23. The van der Waals surface area contributed by atoms with Gasteiger partial charge in [-0.1, -0.05) is 6.07 Å². The van der Waals surface area contributed by atoms with Crippen LogP contribution < -0.4 is 5.32 Å². The average Bonchev–Trinajstić information content (AvgIpc) is 3.17. The van der Waals surface area contributed by atoms with Gasteiger partial charge in [-0.3, -0.25) is 14.5 Å². The van der Waals surface area contributed by atoms with Gasteiger partial charge in [0, 0.05) is 18.8 Å². The Bertz CT molecular complexity index is 1160. The molecule has 0 radical (unpaired) electrons. The number of hydrogen-bond donors (Lipinski definition) is 1. The maximum Gasteiger partial charge on any atom is 0.276 e. The number of aryl methyl sites for hydroxylation is 2. The standard InChI is InChI=1S/C20H18FN5O/c1-12-5-4-10-26-17(13(2)23-18(12)26)19(27)24-20-22-11-16(25(20)3)14-6-8-15(21)9-7-14/h4-11H,1-3H3,(H,22,24,27). The summed E-state index contributed by atoms with van der Waals surface area (Å²) in [6.45, 7) is 3.76. The molecule has 0 atom stereocenters. The molecule has 4 rings (SSSR count). The number of aromatic nitrogens is 4. The minimum absolute atomic E-state index is 0.287. The van der Waals surface area contributed by atoms with Crippen LogP contribution in [0, 0.1) is 19.7 Å². The predicted octanol–water partition coefficient (Wildman–Crippen LogP) is 3.74. The summed E-state index contributed by atoms with van der Waals surface area (Å²) in [5, 5.41) is 2.84. The lowest BCUT2D eigenvalue weighted by atomic mass is 10.2. The third-order valence-corrected chi connectivity index (χ3v) is 4.59. The molecule has 0 saturated heterocycles. The molecule has 0 saturated carbocycles. The van der Waals surface area contributed by atoms with Crippen molar-refractivity contribution in [2.24, 2.45) is 7.05 Å². The number of fused-ring (bicyclic) bond motifs is 1. The van der Waals surface area contributed by atoms with Gasteiger partial charge >= 0.3 is 0 Å². The molecule has 0 fully saturated rings. The first-order valence-corrected chi connectivity index (χ1v) is 8.49. The molecular formula is C20H18FN5O. The van der Waals surface area contributed by atoms with Gasteiger partial charge in [-0.05, 0) is 49.7 Å². The zero-order valence-corrected chi connectivity index (χ0v) is 15.2. The zero-order chi connectivity index (χ0) is 19.1. The number of hydrogen-bond acceptors (Lipinski definition) is 3. The number of imidazole rings is 2. The van der Waals surface area contributed by atoms with Gasteiger partial charge in [0.2, 0.25) is 5.95 Å². The Morgan fingerprint density at radius 2 is 1.89 bits per heavy atom. The molecule has 27 heavy (non-hydrogen) atoms. The molecule has 3 aromatic heterocycles. The minimum atomic E-state index is -0.298. The summed E-state index contributed by atoms with van der Waals surface area (Å²) < 4.78 is 16.7. The van der Waals surface area contributed by atoms with Crippen molar-refractivity contribution in [3.05, 3.63) is 71.6 Å². The van der Waals surface area contributed by atoms with Gasteiger partial charge < -0.3 is 4.57 Å². The molecule has 7 heteroatoms. The molecular weight excluding hydrogens is 345 g/mol. The molecule has 1 amide bonds. The highest BCUT2D eigenvalue weighted by atomic mass is 19.1. The molecule has 136 valence electrons. The van der Waals surface area contributed by atoms with Crippen molar-refractivity contribution >= 4 is 17.5 Å². The summed E-state index contributed by atoms with van der Waals surface area (Å²) >= 11 is 0. The fraction of sp³-hybridized carbons (Fsp3) is 0.150. The van der Waals surface area contributed by atoms with Crippen LogP contribution in [0.2, 0.25) is 0 Å². The first-order chi connectivity index (χ1) is 13.0. The van der Waals surface area contributed by atoms with E-state index in [2.05, 4.69) is 15.3 Å². The topological polar surface area (TPSA) is 64.2 Å². The highest BCUT2D eigenvalue weighted by molar-refractivity contribution is 6.03. The van der Waals surface area contributed by atoms with E-state index in [0.29, 0.717) is 17.3 Å². The summed E-state index contributed by atoms with van der Waals surface area (Å²) in [6, 6.07) is 9.98. The van der Waals surface area contributed by atoms with E-state index < -0.39 is 0 Å². The van der Waals surface area contributed by atoms with E-state index in [0.717, 1.165) is 22.5 Å². The van der Waals surface area contributed by atoms with Crippen molar-refractivity contribution in [1.82, 2.24) is 18.9 Å². The maximum atomic E-state index is 13.1. The van der Waals surface area contributed by atoms with Crippen LogP contribution in [0.25, 0.3) is 16.9 Å². The number of halogens is 1. The van der Waals surface area contributed by atoms with Gasteiger partial charge in [0.1, 0.15) is 17.2 Å². The summed E-state index contributed by atoms with van der Waals surface area (Å²) in [6.07, 6.45) is 3.47. The van der Waals surface area contributed by atoms with Crippen molar-refractivity contribution in [3.8, 4) is 11.3 Å². The molecule has 0 unspecified atom stereocenters. The Labute approximate surface area is 155 Å². The lowest BCUT2D eigenvalue weighted by molar-refractivity contribution is 0.101. The molecule has 6 nitrogen and oxygen atoms in total. The smallest absolute Gasteiger partial charge is 0.276 e. The number of anilines is 1. The highest BCUT2D eigenvalue weighted by Gasteiger charge is 2.19. The number of pyridine rings is 1. The average molecular weight is 363 g/mol. The molecule has 0 spiro atoms. The zero-order valence-electron chi connectivity index (χ0n) is 15.2. The number of carbonyl (C=O) groups excluding carboxylic acids is 1. The molecule has 0 aliphatic heterocycles. The normalized spacial score (nSPS) is 11.1. The van der Waals surface area contributed by atoms with Crippen molar-refractivity contribution in [3.63, 3.8) is 0 Å². The molecule has 4 aromatic rings. The van der Waals surface area contributed by atoms with Crippen molar-refractivity contribution < 1.29 is 9.18 Å². The van der Waals surface area contributed by atoms with E-state index in [1.165, 1.54) is 12.1 Å². The Balaban J connectivity index is 1.68. The Morgan fingerprint density at radius 3 is 2.63 bits per heavy atom. The molecule has 0 aliphatic carbocycles. The van der Waals surface area contributed by atoms with Crippen LogP contribution in [0.4, 0.5) is 10.3 Å². The van der Waals surface area contributed by atoms with Crippen LogP contribution in [0.1, 0.15) is 21.7 Å². The van der Waals surface area contributed by atoms with Crippen molar-refractivity contribution in [2.45, 2.75) is 13.8 Å². The lowest BCUT2D eigenvalue weighted by Crippen LogP contribution is -2.18. The molecule has 0 bridgehead atoms. The largest absolute Gasteiger partial charge is 0.313 e. The van der Waals surface area contributed by atoms with Crippen LogP contribution in [-0.4, -0.2) is 24.8 Å². The van der Waals surface area contributed by atoms with Gasteiger partial charge in [-0.25, -0.2) is 14.4 Å². The number of rotatable bonds is 3. The van der Waals surface area contributed by atoms with E-state index in [-0.39, 0.29) is 11.7 Å². The van der Waals surface area contributed by atoms with Crippen LogP contribution in [-0.2, 0) is 7.05 Å². The second kappa shape index (κ2) is 6.35. The predicted molar refractivity (Wildman–Crippen MR) is 101 cm³/mol. The number of benzene rings is 1. The summed E-state index contributed by atoms with van der Waals surface area (Å²) in [5.41, 5.74) is 4.46. The van der Waals surface area contributed by atoms with E-state index in [1.54, 1.807) is 34.3 Å². The summed E-state index contributed by atoms with van der Waals surface area (Å²) in [7, 11) is 1.80. The number of nitrogens with one attached hydrogen (secondary N) is 1. The van der Waals surface area contributed by atoms with Gasteiger partial charge in [-0.2, -0.15) is 0 Å². The number of carbonyl (C=O) groups is 1. The second-order valence-electron chi connectivity index (χ2n) is 6.42. The van der Waals surface area contributed by atoms with Gasteiger partial charge in [0.05, 0.1) is 17.6 Å². The van der Waals surface area contributed by atoms with Crippen molar-refractivity contribution in [1.29, 1.82) is 0 Å². The van der Waals surface area contributed by atoms with E-state index in [4.69, 9.17) is 0 Å². The van der Waals surface area contributed by atoms with Gasteiger partial charge in [0.25, 0.3) is 5.91 Å². The monoisotopic (exact) mass is 363 g/mol. The van der Waals surface area contributed by atoms with Crippen molar-refractivity contribution in [2.75, 3.05) is 5.32 Å². The quantitative estimate of drug-likeness (QED) is 0.603. The first-order valence-electron chi connectivity index (χ1n) is 8.49. The molecule has 1 N–H and O–H groups in total. The van der Waals surface area contributed by atoms with Crippen LogP contribution >= 0.6 is 0 Å². The van der Waals surface area contributed by atoms with Gasteiger partial charge in [-0.15, -0.1) is 0 Å². The van der Waals surface area contributed by atoms with Crippen LogP contribution in [0.15, 0.2) is 48.8 Å². The maximum absolute atomic E-state index is 13.1. The van der Waals surface area contributed by atoms with Crippen LogP contribution in [0.5, 0.6) is 0 Å². The Hall–Kier alpha value is -3.48. The third-order valence-electron chi connectivity index (χ3n) is 4.59. The number of amides is 1. The number of nitrogens with zero attached hydrogens (tertiary/aromatic N) is 4. The third kappa shape index (κ3) is 2.87. The van der Waals surface area contributed by atoms with E-state index >= 15 is 0 Å². The minimum Gasteiger partial charge on any atom is -0.313 e. The van der Waals surface area contributed by atoms with Crippen LogP contribution in [0.3, 0.4) is 0 Å². The van der Waals surface area contributed by atoms with E-state index in [1.807, 2.05) is 32.2 Å². The summed E-state index contributed by atoms with van der Waals surface area (Å²) in [4.78, 5) is 21.7. The second-order valence-corrected chi connectivity index (χ2v) is 6.42. The Morgan fingerprint density at radius 1 is 1.15 bits per heavy atom. The fourth-order valence-electron chi connectivity index (χ4n) is 3.17. The summed E-state index contributed by atoms with van der Waals surface area (Å²) in [5.74, 6) is -0.181.